The summed E-state index contributed by atoms with van der Waals surface area (Å²) in [6.07, 6.45) is -0.790. The Hall–Kier alpha value is -2.82. The Morgan fingerprint density at radius 2 is 1.59 bits per heavy atom. The Balaban J connectivity index is 1.87. The molecule has 1 unspecified atom stereocenters. The molecule has 1 atom stereocenters. The van der Waals surface area contributed by atoms with Gasteiger partial charge in [-0.05, 0) is 45.4 Å². The fourth-order valence-electron chi connectivity index (χ4n) is 2.54. The lowest BCUT2D eigenvalue weighted by Crippen LogP contribution is -2.40. The number of aryl methyl sites for hydroxylation is 1. The minimum atomic E-state index is -0.790. The lowest BCUT2D eigenvalue weighted by atomic mass is 10.2. The smallest absolute Gasteiger partial charge is 0.347 e. The number of nitrogens with zero attached hydrogens (tertiary/aromatic N) is 1. The summed E-state index contributed by atoms with van der Waals surface area (Å²) in [5, 5.41) is 0. The Labute approximate surface area is 160 Å². The Bertz CT molecular complexity index is 741. The summed E-state index contributed by atoms with van der Waals surface area (Å²) in [6, 6.07) is 17.1. The molecule has 0 saturated carbocycles. The van der Waals surface area contributed by atoms with Gasteiger partial charge in [0.05, 0.1) is 0 Å². The van der Waals surface area contributed by atoms with E-state index < -0.39 is 12.1 Å². The van der Waals surface area contributed by atoms with E-state index in [-0.39, 0.29) is 18.6 Å². The van der Waals surface area contributed by atoms with Crippen LogP contribution in [0.4, 0.5) is 0 Å². The van der Waals surface area contributed by atoms with Crippen LogP contribution in [-0.2, 0) is 20.9 Å². The lowest BCUT2D eigenvalue weighted by Gasteiger charge is -2.27. The summed E-state index contributed by atoms with van der Waals surface area (Å²) >= 11 is 0. The Kier molecular flexibility index (Phi) is 7.41. The van der Waals surface area contributed by atoms with E-state index in [0.29, 0.717) is 12.3 Å². The molecule has 5 nitrogen and oxygen atoms in total. The summed E-state index contributed by atoms with van der Waals surface area (Å²) in [7, 11) is 0. The van der Waals surface area contributed by atoms with Crippen LogP contribution < -0.4 is 4.74 Å². The predicted molar refractivity (Wildman–Crippen MR) is 104 cm³/mol. The fraction of sp³-hybridized carbons (Fsp3) is 0.364. The molecule has 2 aromatic rings. The molecular formula is C22H27NO4. The zero-order valence-corrected chi connectivity index (χ0v) is 16.3. The second-order valence-corrected chi connectivity index (χ2v) is 6.78. The van der Waals surface area contributed by atoms with Crippen LogP contribution in [0.1, 0.15) is 31.9 Å². The van der Waals surface area contributed by atoms with Crippen molar-refractivity contribution in [2.24, 2.45) is 0 Å². The molecule has 0 aromatic heterocycles. The molecule has 0 N–H and O–H groups in total. The van der Waals surface area contributed by atoms with Gasteiger partial charge >= 0.3 is 5.97 Å². The summed E-state index contributed by atoms with van der Waals surface area (Å²) in [4.78, 5) is 26.4. The third-order valence-electron chi connectivity index (χ3n) is 4.14. The van der Waals surface area contributed by atoms with Crippen LogP contribution in [0.2, 0.25) is 0 Å². The SMILES string of the molecule is Cc1ccc(OC(C)C(=O)OCC(=O)N(Cc2ccccc2)C(C)C)cc1. The number of esters is 1. The maximum absolute atomic E-state index is 12.5. The van der Waals surface area contributed by atoms with Crippen molar-refractivity contribution in [3.63, 3.8) is 0 Å². The number of amides is 1. The highest BCUT2D eigenvalue weighted by Crippen LogP contribution is 2.14. The van der Waals surface area contributed by atoms with Gasteiger partial charge in [0, 0.05) is 12.6 Å². The second-order valence-electron chi connectivity index (χ2n) is 6.78. The average molecular weight is 369 g/mol. The van der Waals surface area contributed by atoms with Crippen molar-refractivity contribution in [1.82, 2.24) is 4.90 Å². The predicted octanol–water partition coefficient (Wildman–Crippen LogP) is 3.74. The number of hydrogen-bond donors (Lipinski definition) is 0. The van der Waals surface area contributed by atoms with Crippen LogP contribution in [0.5, 0.6) is 5.75 Å². The number of ether oxygens (including phenoxy) is 2. The van der Waals surface area contributed by atoms with E-state index in [1.54, 1.807) is 24.0 Å². The summed E-state index contributed by atoms with van der Waals surface area (Å²) in [6.45, 7) is 7.63. The number of hydrogen-bond acceptors (Lipinski definition) is 4. The number of carbonyl (C=O) groups is 2. The van der Waals surface area contributed by atoms with E-state index in [1.807, 2.05) is 63.2 Å². The van der Waals surface area contributed by atoms with Gasteiger partial charge in [-0.15, -0.1) is 0 Å². The van der Waals surface area contributed by atoms with Crippen LogP contribution in [0.25, 0.3) is 0 Å². The summed E-state index contributed by atoms with van der Waals surface area (Å²) < 4.78 is 10.7. The fourth-order valence-corrected chi connectivity index (χ4v) is 2.54. The molecule has 5 heteroatoms. The average Bonchev–Trinajstić information content (AvgIpc) is 2.66. The highest BCUT2D eigenvalue weighted by molar-refractivity contribution is 5.82. The summed E-state index contributed by atoms with van der Waals surface area (Å²) in [5.41, 5.74) is 2.14. The van der Waals surface area contributed by atoms with Crippen LogP contribution in [-0.4, -0.2) is 35.5 Å². The third-order valence-corrected chi connectivity index (χ3v) is 4.14. The van der Waals surface area contributed by atoms with Crippen molar-refractivity contribution < 1.29 is 19.1 Å². The first-order valence-electron chi connectivity index (χ1n) is 9.10. The minimum absolute atomic E-state index is 0.00219. The molecule has 27 heavy (non-hydrogen) atoms. The molecule has 0 saturated heterocycles. The monoisotopic (exact) mass is 369 g/mol. The van der Waals surface area contributed by atoms with E-state index in [0.717, 1.165) is 11.1 Å². The number of rotatable bonds is 8. The van der Waals surface area contributed by atoms with Gasteiger partial charge in [0.15, 0.2) is 12.7 Å². The van der Waals surface area contributed by atoms with Crippen molar-refractivity contribution in [2.45, 2.75) is 46.4 Å². The van der Waals surface area contributed by atoms with Crippen molar-refractivity contribution in [3.8, 4) is 5.75 Å². The van der Waals surface area contributed by atoms with E-state index >= 15 is 0 Å². The van der Waals surface area contributed by atoms with Crippen LogP contribution in [0, 0.1) is 6.92 Å². The molecule has 0 fully saturated rings. The van der Waals surface area contributed by atoms with Gasteiger partial charge in [-0.3, -0.25) is 4.79 Å². The first-order chi connectivity index (χ1) is 12.9. The maximum Gasteiger partial charge on any atom is 0.347 e. The molecule has 0 heterocycles. The largest absolute Gasteiger partial charge is 0.479 e. The van der Waals surface area contributed by atoms with E-state index in [1.165, 1.54) is 0 Å². The molecule has 0 aliphatic rings. The van der Waals surface area contributed by atoms with Gasteiger partial charge in [0.1, 0.15) is 5.75 Å². The van der Waals surface area contributed by atoms with Gasteiger partial charge in [0.25, 0.3) is 5.91 Å². The topological polar surface area (TPSA) is 55.8 Å². The summed E-state index contributed by atoms with van der Waals surface area (Å²) in [5.74, 6) is -0.207. The highest BCUT2D eigenvalue weighted by Gasteiger charge is 2.22. The maximum atomic E-state index is 12.5. The highest BCUT2D eigenvalue weighted by atomic mass is 16.6. The van der Waals surface area contributed by atoms with Crippen molar-refractivity contribution in [3.05, 3.63) is 65.7 Å². The lowest BCUT2D eigenvalue weighted by molar-refractivity contribution is -0.158. The molecule has 0 bridgehead atoms. The van der Waals surface area contributed by atoms with Gasteiger partial charge in [0.2, 0.25) is 0 Å². The van der Waals surface area contributed by atoms with Gasteiger partial charge in [-0.25, -0.2) is 4.79 Å². The molecule has 0 aliphatic carbocycles. The van der Waals surface area contributed by atoms with Crippen LogP contribution in [0.15, 0.2) is 54.6 Å². The standard InChI is InChI=1S/C22H27NO4/c1-16(2)23(14-19-8-6-5-7-9-19)21(24)15-26-22(25)18(4)27-20-12-10-17(3)11-13-20/h5-13,16,18H,14-15H2,1-4H3. The third kappa shape index (κ3) is 6.44. The molecule has 144 valence electrons. The Morgan fingerprint density at radius 1 is 0.963 bits per heavy atom. The van der Waals surface area contributed by atoms with Crippen molar-refractivity contribution >= 4 is 11.9 Å². The molecular weight excluding hydrogens is 342 g/mol. The molecule has 0 aliphatic heterocycles. The minimum Gasteiger partial charge on any atom is -0.479 e. The van der Waals surface area contributed by atoms with E-state index in [9.17, 15) is 9.59 Å². The number of benzene rings is 2. The molecule has 0 radical (unpaired) electrons. The van der Waals surface area contributed by atoms with E-state index in [4.69, 9.17) is 9.47 Å². The van der Waals surface area contributed by atoms with Crippen LogP contribution >= 0.6 is 0 Å². The molecule has 2 aromatic carbocycles. The van der Waals surface area contributed by atoms with Crippen molar-refractivity contribution in [2.75, 3.05) is 6.61 Å². The Morgan fingerprint density at radius 3 is 2.19 bits per heavy atom. The normalized spacial score (nSPS) is 11.7. The number of carbonyl (C=O) groups excluding carboxylic acids is 2. The van der Waals surface area contributed by atoms with Crippen LogP contribution in [0.3, 0.4) is 0 Å². The molecule has 2 rings (SSSR count). The first-order valence-corrected chi connectivity index (χ1v) is 9.10. The van der Waals surface area contributed by atoms with Gasteiger partial charge in [-0.2, -0.15) is 0 Å². The molecule has 0 spiro atoms. The van der Waals surface area contributed by atoms with Crippen molar-refractivity contribution in [1.29, 1.82) is 0 Å². The second kappa shape index (κ2) is 9.76. The van der Waals surface area contributed by atoms with Gasteiger partial charge in [-0.1, -0.05) is 48.0 Å². The van der Waals surface area contributed by atoms with Gasteiger partial charge < -0.3 is 14.4 Å². The first kappa shape index (κ1) is 20.5. The quantitative estimate of drug-likeness (QED) is 0.665. The molecule has 1 amide bonds. The zero-order valence-electron chi connectivity index (χ0n) is 16.3. The zero-order chi connectivity index (χ0) is 19.8. The van der Waals surface area contributed by atoms with E-state index in [2.05, 4.69) is 0 Å².